The summed E-state index contributed by atoms with van der Waals surface area (Å²) in [4.78, 5) is 0. The molecule has 0 aromatic carbocycles. The Balaban J connectivity index is 0. The molecule has 0 bridgehead atoms. The van der Waals surface area contributed by atoms with Crippen LogP contribution >= 0.6 is 0 Å². The first kappa shape index (κ1) is 9.96. The van der Waals surface area contributed by atoms with Gasteiger partial charge in [-0.15, -0.1) is 0 Å². The highest BCUT2D eigenvalue weighted by Crippen LogP contribution is 2.30. The Kier molecular flexibility index (Phi) is 5.70. The maximum absolute atomic E-state index is 4.50. The lowest BCUT2D eigenvalue weighted by Crippen LogP contribution is -2.01. The van der Waals surface area contributed by atoms with Crippen LogP contribution in [0.3, 0.4) is 0 Å². The largest absolute Gasteiger partial charge is 0.333 e. The zero-order chi connectivity index (χ0) is 7.98. The molecule has 0 heterocycles. The SMILES string of the molecule is CC(C)C1CCCC1.CN.[HH]. The van der Waals surface area contributed by atoms with Crippen molar-refractivity contribution in [1.29, 1.82) is 0 Å². The molecule has 1 saturated carbocycles. The summed E-state index contributed by atoms with van der Waals surface area (Å²) in [6.07, 6.45) is 5.97. The molecule has 0 saturated heterocycles. The van der Waals surface area contributed by atoms with Crippen molar-refractivity contribution in [3.63, 3.8) is 0 Å². The summed E-state index contributed by atoms with van der Waals surface area (Å²) in [5, 5.41) is 0. The van der Waals surface area contributed by atoms with Gasteiger partial charge >= 0.3 is 0 Å². The smallest absolute Gasteiger partial charge is 0 e. The number of rotatable bonds is 1. The average molecular weight is 145 g/mol. The standard InChI is InChI=1S/C8H16.CH5N.H2/c1-7(2)8-5-3-4-6-8;1-2;/h7-8H,3-6H2,1-2H3;2H2,1H3;1H. The lowest BCUT2D eigenvalue weighted by Gasteiger charge is -2.11. The first-order valence-corrected chi connectivity index (χ1v) is 4.38. The van der Waals surface area contributed by atoms with Gasteiger partial charge in [0.2, 0.25) is 0 Å². The molecule has 1 aliphatic rings. The fourth-order valence-electron chi connectivity index (χ4n) is 1.62. The van der Waals surface area contributed by atoms with Gasteiger partial charge in [0, 0.05) is 1.43 Å². The Bertz CT molecular complexity index is 68.0. The molecule has 0 amide bonds. The Morgan fingerprint density at radius 2 is 1.60 bits per heavy atom. The van der Waals surface area contributed by atoms with Crippen LogP contribution in [0.15, 0.2) is 0 Å². The average Bonchev–Trinajstić information content (AvgIpc) is 2.42. The van der Waals surface area contributed by atoms with E-state index in [-0.39, 0.29) is 1.43 Å². The quantitative estimate of drug-likeness (QED) is 0.603. The summed E-state index contributed by atoms with van der Waals surface area (Å²) < 4.78 is 0. The van der Waals surface area contributed by atoms with Gasteiger partial charge in [-0.2, -0.15) is 0 Å². The summed E-state index contributed by atoms with van der Waals surface area (Å²) in [6, 6.07) is 0. The van der Waals surface area contributed by atoms with Crippen LogP contribution in [0.1, 0.15) is 41.0 Å². The molecule has 0 unspecified atom stereocenters. The van der Waals surface area contributed by atoms with Crippen molar-refractivity contribution in [2.45, 2.75) is 39.5 Å². The monoisotopic (exact) mass is 145 g/mol. The highest BCUT2D eigenvalue weighted by molar-refractivity contribution is 4.69. The second kappa shape index (κ2) is 5.72. The molecule has 10 heavy (non-hydrogen) atoms. The van der Waals surface area contributed by atoms with Gasteiger partial charge in [0.1, 0.15) is 0 Å². The molecular weight excluding hydrogens is 122 g/mol. The third kappa shape index (κ3) is 3.21. The molecule has 0 aliphatic heterocycles. The third-order valence-corrected chi connectivity index (χ3v) is 2.34. The Morgan fingerprint density at radius 3 is 1.80 bits per heavy atom. The van der Waals surface area contributed by atoms with E-state index in [9.17, 15) is 0 Å². The van der Waals surface area contributed by atoms with Crippen molar-refractivity contribution in [1.82, 2.24) is 0 Å². The molecule has 0 radical (unpaired) electrons. The van der Waals surface area contributed by atoms with Crippen LogP contribution < -0.4 is 5.73 Å². The van der Waals surface area contributed by atoms with Crippen molar-refractivity contribution < 1.29 is 1.43 Å². The third-order valence-electron chi connectivity index (χ3n) is 2.34. The zero-order valence-corrected chi connectivity index (χ0v) is 7.56. The highest BCUT2D eigenvalue weighted by Gasteiger charge is 2.17. The predicted octanol–water partition coefficient (Wildman–Crippen LogP) is 2.65. The summed E-state index contributed by atoms with van der Waals surface area (Å²) in [5.74, 6) is 2.01. The van der Waals surface area contributed by atoms with Crippen molar-refractivity contribution in [3.05, 3.63) is 0 Å². The molecule has 0 aromatic rings. The normalized spacial score (nSPS) is 18.9. The molecular formula is C9H23N. The number of hydrogen-bond acceptors (Lipinski definition) is 1. The van der Waals surface area contributed by atoms with E-state index in [1.54, 1.807) is 0 Å². The highest BCUT2D eigenvalue weighted by atomic mass is 14.4. The van der Waals surface area contributed by atoms with E-state index in [2.05, 4.69) is 19.6 Å². The summed E-state index contributed by atoms with van der Waals surface area (Å²) >= 11 is 0. The van der Waals surface area contributed by atoms with Crippen LogP contribution in [-0.2, 0) is 0 Å². The Morgan fingerprint density at radius 1 is 1.20 bits per heavy atom. The van der Waals surface area contributed by atoms with Crippen LogP contribution in [-0.4, -0.2) is 7.05 Å². The van der Waals surface area contributed by atoms with E-state index in [1.165, 1.54) is 32.7 Å². The van der Waals surface area contributed by atoms with Gasteiger partial charge in [-0.05, 0) is 18.9 Å². The minimum absolute atomic E-state index is 0. The lowest BCUT2D eigenvalue weighted by molar-refractivity contribution is 0.396. The molecule has 1 aliphatic carbocycles. The van der Waals surface area contributed by atoms with Gasteiger partial charge in [0.15, 0.2) is 0 Å². The van der Waals surface area contributed by atoms with Crippen molar-refractivity contribution in [2.24, 2.45) is 17.6 Å². The predicted molar refractivity (Wildman–Crippen MR) is 49.0 cm³/mol. The van der Waals surface area contributed by atoms with E-state index in [0.29, 0.717) is 0 Å². The lowest BCUT2D eigenvalue weighted by atomic mass is 9.95. The fourth-order valence-corrected chi connectivity index (χ4v) is 1.62. The van der Waals surface area contributed by atoms with Gasteiger partial charge in [-0.1, -0.05) is 39.5 Å². The number of hydrogen-bond donors (Lipinski definition) is 1. The van der Waals surface area contributed by atoms with Gasteiger partial charge in [0.05, 0.1) is 0 Å². The topological polar surface area (TPSA) is 26.0 Å². The van der Waals surface area contributed by atoms with Crippen molar-refractivity contribution >= 4 is 0 Å². The van der Waals surface area contributed by atoms with Crippen LogP contribution in [0.4, 0.5) is 0 Å². The Labute approximate surface area is 66.5 Å². The van der Waals surface area contributed by atoms with Gasteiger partial charge in [-0.25, -0.2) is 0 Å². The van der Waals surface area contributed by atoms with Crippen LogP contribution in [0.25, 0.3) is 0 Å². The minimum atomic E-state index is 0. The van der Waals surface area contributed by atoms with Crippen molar-refractivity contribution in [3.8, 4) is 0 Å². The maximum atomic E-state index is 4.50. The van der Waals surface area contributed by atoms with Gasteiger partial charge in [0.25, 0.3) is 0 Å². The molecule has 64 valence electrons. The first-order chi connectivity index (χ1) is 4.80. The van der Waals surface area contributed by atoms with E-state index >= 15 is 0 Å². The summed E-state index contributed by atoms with van der Waals surface area (Å²) in [5.41, 5.74) is 4.50. The van der Waals surface area contributed by atoms with E-state index in [4.69, 9.17) is 0 Å². The Hall–Kier alpha value is -0.0400. The first-order valence-electron chi connectivity index (χ1n) is 4.38. The summed E-state index contributed by atoms with van der Waals surface area (Å²) in [7, 11) is 1.50. The fraction of sp³-hybridized carbons (Fsp3) is 1.00. The molecule has 1 rings (SSSR count). The van der Waals surface area contributed by atoms with Crippen LogP contribution in [0.2, 0.25) is 0 Å². The van der Waals surface area contributed by atoms with Crippen LogP contribution in [0, 0.1) is 11.8 Å². The zero-order valence-electron chi connectivity index (χ0n) is 7.56. The second-order valence-electron chi connectivity index (χ2n) is 3.29. The van der Waals surface area contributed by atoms with E-state index in [1.807, 2.05) is 0 Å². The number of nitrogens with two attached hydrogens (primary N) is 1. The molecule has 0 aromatic heterocycles. The molecule has 1 nitrogen and oxygen atoms in total. The van der Waals surface area contributed by atoms with Crippen molar-refractivity contribution in [2.75, 3.05) is 7.05 Å². The van der Waals surface area contributed by atoms with E-state index < -0.39 is 0 Å². The summed E-state index contributed by atoms with van der Waals surface area (Å²) in [6.45, 7) is 4.69. The van der Waals surface area contributed by atoms with Gasteiger partial charge < -0.3 is 5.73 Å². The minimum Gasteiger partial charge on any atom is -0.333 e. The molecule has 0 atom stereocenters. The molecule has 2 N–H and O–H groups in total. The molecule has 1 fully saturated rings. The molecule has 0 spiro atoms. The van der Waals surface area contributed by atoms with Gasteiger partial charge in [-0.3, -0.25) is 0 Å². The van der Waals surface area contributed by atoms with Crippen LogP contribution in [0.5, 0.6) is 0 Å². The molecule has 1 heteroatoms. The second-order valence-corrected chi connectivity index (χ2v) is 3.29. The van der Waals surface area contributed by atoms with E-state index in [0.717, 1.165) is 11.8 Å². The maximum Gasteiger partial charge on any atom is 0 e.